The summed E-state index contributed by atoms with van der Waals surface area (Å²) in [6.45, 7) is 0. The van der Waals surface area contributed by atoms with Gasteiger partial charge in [-0.1, -0.05) is 12.1 Å². The van der Waals surface area contributed by atoms with Gasteiger partial charge in [-0.15, -0.1) is 0 Å². The van der Waals surface area contributed by atoms with E-state index in [1.165, 1.54) is 4.20 Å². The fourth-order valence-corrected chi connectivity index (χ4v) is 1.69. The minimum atomic E-state index is 0.849. The van der Waals surface area contributed by atoms with E-state index in [-0.39, 0.29) is 0 Å². The van der Waals surface area contributed by atoms with Gasteiger partial charge in [0.25, 0.3) is 0 Å². The van der Waals surface area contributed by atoms with Gasteiger partial charge in [0, 0.05) is 28.9 Å². The summed E-state index contributed by atoms with van der Waals surface area (Å²) in [6, 6.07) is 7.87. The number of aromatic amines is 1. The van der Waals surface area contributed by atoms with Crippen molar-refractivity contribution in [2.24, 2.45) is 0 Å². The zero-order chi connectivity index (χ0) is 10.3. The van der Waals surface area contributed by atoms with E-state index in [9.17, 15) is 0 Å². The normalized spacial score (nSPS) is 11.0. The second kappa shape index (κ2) is 3.10. The molecule has 3 aromatic rings. The molecule has 2 heterocycles. The Kier molecular flexibility index (Phi) is 1.76. The van der Waals surface area contributed by atoms with Crippen LogP contribution in [0.3, 0.4) is 0 Å². The highest BCUT2D eigenvalue weighted by Crippen LogP contribution is 2.21. The highest BCUT2D eigenvalue weighted by atomic mass is 35.5. The van der Waals surface area contributed by atoms with Crippen molar-refractivity contribution >= 4 is 22.7 Å². The van der Waals surface area contributed by atoms with Crippen LogP contribution in [0.25, 0.3) is 22.2 Å². The van der Waals surface area contributed by atoms with Crippen LogP contribution in [0.2, 0.25) is 0 Å². The highest BCUT2D eigenvalue weighted by molar-refractivity contribution is 6.14. The molecule has 0 amide bonds. The monoisotopic (exact) mass is 218 g/mol. The average Bonchev–Trinajstić information content (AvgIpc) is 2.84. The molecule has 0 unspecified atom stereocenters. The first-order valence-electron chi connectivity index (χ1n) is 4.48. The first-order chi connectivity index (χ1) is 7.33. The van der Waals surface area contributed by atoms with Crippen molar-refractivity contribution in [3.05, 3.63) is 36.7 Å². The summed E-state index contributed by atoms with van der Waals surface area (Å²) in [5.41, 5.74) is 2.87. The number of halogens is 1. The molecule has 0 saturated heterocycles. The summed E-state index contributed by atoms with van der Waals surface area (Å²) >= 11 is 5.69. The van der Waals surface area contributed by atoms with Crippen molar-refractivity contribution < 1.29 is 0 Å². The van der Waals surface area contributed by atoms with Crippen LogP contribution in [-0.4, -0.2) is 19.5 Å². The molecule has 0 aliphatic heterocycles. The number of fused-ring (bicyclic) bond motifs is 1. The summed E-state index contributed by atoms with van der Waals surface area (Å²) in [7, 11) is 0. The van der Waals surface area contributed by atoms with Gasteiger partial charge in [-0.3, -0.25) is 5.10 Å². The van der Waals surface area contributed by atoms with Gasteiger partial charge < -0.3 is 0 Å². The molecule has 5 heteroatoms. The van der Waals surface area contributed by atoms with Crippen LogP contribution >= 0.6 is 11.8 Å². The Morgan fingerprint density at radius 3 is 3.00 bits per heavy atom. The van der Waals surface area contributed by atoms with E-state index in [0.717, 1.165) is 22.2 Å². The number of hydrogen-bond donors (Lipinski definition) is 1. The highest BCUT2D eigenvalue weighted by Gasteiger charge is 2.03. The number of aromatic nitrogens is 4. The first-order valence-corrected chi connectivity index (χ1v) is 4.82. The topological polar surface area (TPSA) is 46.5 Å². The van der Waals surface area contributed by atoms with Crippen molar-refractivity contribution in [2.45, 2.75) is 0 Å². The average molecular weight is 219 g/mol. The van der Waals surface area contributed by atoms with E-state index in [4.69, 9.17) is 11.8 Å². The lowest BCUT2D eigenvalue weighted by molar-refractivity contribution is 0.998. The van der Waals surface area contributed by atoms with Crippen molar-refractivity contribution in [2.75, 3.05) is 0 Å². The molecule has 0 aliphatic carbocycles. The molecule has 0 fully saturated rings. The molecule has 4 nitrogen and oxygen atoms in total. The minimum absolute atomic E-state index is 0.849. The number of nitrogens with zero attached hydrogens (tertiary/aromatic N) is 3. The van der Waals surface area contributed by atoms with Gasteiger partial charge in [0.1, 0.15) is 0 Å². The maximum atomic E-state index is 5.69. The maximum Gasteiger partial charge on any atom is 0.0938 e. The molecule has 1 aromatic carbocycles. The van der Waals surface area contributed by atoms with E-state index >= 15 is 0 Å². The van der Waals surface area contributed by atoms with Crippen molar-refractivity contribution in [3.8, 4) is 11.3 Å². The van der Waals surface area contributed by atoms with Crippen LogP contribution in [0.5, 0.6) is 0 Å². The minimum Gasteiger partial charge on any atom is -0.278 e. The van der Waals surface area contributed by atoms with Gasteiger partial charge in [0.15, 0.2) is 0 Å². The third-order valence-corrected chi connectivity index (χ3v) is 2.48. The molecular formula is C10H7ClN4. The van der Waals surface area contributed by atoms with Crippen LogP contribution in [-0.2, 0) is 0 Å². The van der Waals surface area contributed by atoms with Gasteiger partial charge >= 0.3 is 0 Å². The zero-order valence-corrected chi connectivity index (χ0v) is 8.44. The summed E-state index contributed by atoms with van der Waals surface area (Å²) in [4.78, 5) is 0. The Balaban J connectivity index is 2.18. The zero-order valence-electron chi connectivity index (χ0n) is 7.68. The van der Waals surface area contributed by atoms with Crippen LogP contribution in [0, 0.1) is 0 Å². The van der Waals surface area contributed by atoms with E-state index in [0.29, 0.717) is 0 Å². The molecule has 74 valence electrons. The lowest BCUT2D eigenvalue weighted by Crippen LogP contribution is -1.82. The van der Waals surface area contributed by atoms with E-state index in [1.807, 2.05) is 24.3 Å². The largest absolute Gasteiger partial charge is 0.278 e. The van der Waals surface area contributed by atoms with Gasteiger partial charge in [0.05, 0.1) is 17.4 Å². The van der Waals surface area contributed by atoms with Gasteiger partial charge in [-0.25, -0.2) is 0 Å². The third kappa shape index (κ3) is 1.39. The molecule has 1 N–H and O–H groups in total. The second-order valence-electron chi connectivity index (χ2n) is 3.26. The van der Waals surface area contributed by atoms with Crippen LogP contribution < -0.4 is 0 Å². The Morgan fingerprint density at radius 1 is 1.27 bits per heavy atom. The molecule has 0 spiro atoms. The Labute approximate surface area is 90.6 Å². The van der Waals surface area contributed by atoms with Crippen LogP contribution in [0.1, 0.15) is 0 Å². The summed E-state index contributed by atoms with van der Waals surface area (Å²) in [5.74, 6) is 0. The number of nitrogens with one attached hydrogen (secondary N) is 1. The molecule has 0 saturated carbocycles. The van der Waals surface area contributed by atoms with E-state index < -0.39 is 0 Å². The van der Waals surface area contributed by atoms with Gasteiger partial charge in [-0.2, -0.15) is 14.4 Å². The molecule has 0 radical (unpaired) electrons. The molecule has 0 bridgehead atoms. The maximum absolute atomic E-state index is 5.69. The molecular weight excluding hydrogens is 212 g/mol. The lowest BCUT2D eigenvalue weighted by atomic mass is 10.1. The predicted octanol–water partition coefficient (Wildman–Crippen LogP) is 2.43. The predicted molar refractivity (Wildman–Crippen MR) is 58.6 cm³/mol. The Bertz CT molecular complexity index is 610. The quantitative estimate of drug-likeness (QED) is 0.682. The third-order valence-electron chi connectivity index (χ3n) is 2.30. The number of benzene rings is 1. The Hall–Kier alpha value is -1.81. The van der Waals surface area contributed by atoms with E-state index in [1.54, 1.807) is 12.4 Å². The number of H-pyrrole nitrogens is 1. The Morgan fingerprint density at radius 2 is 2.20 bits per heavy atom. The summed E-state index contributed by atoms with van der Waals surface area (Å²) in [6.07, 6.45) is 3.49. The SMILES string of the molecule is Cln1ccc(-c2ccc3cn[nH]c3c2)n1. The van der Waals surface area contributed by atoms with Crippen molar-refractivity contribution in [1.29, 1.82) is 0 Å². The lowest BCUT2D eigenvalue weighted by Gasteiger charge is -1.95. The smallest absolute Gasteiger partial charge is 0.0938 e. The number of hydrogen-bond acceptors (Lipinski definition) is 2. The number of rotatable bonds is 1. The fourth-order valence-electron chi connectivity index (χ4n) is 1.55. The molecule has 0 atom stereocenters. The summed E-state index contributed by atoms with van der Waals surface area (Å²) in [5, 5.41) is 12.1. The first kappa shape index (κ1) is 8.49. The second-order valence-corrected chi connectivity index (χ2v) is 3.61. The van der Waals surface area contributed by atoms with E-state index in [2.05, 4.69) is 15.3 Å². The van der Waals surface area contributed by atoms with Crippen molar-refractivity contribution in [1.82, 2.24) is 19.5 Å². The van der Waals surface area contributed by atoms with Crippen molar-refractivity contribution in [3.63, 3.8) is 0 Å². The molecule has 15 heavy (non-hydrogen) atoms. The molecule has 3 rings (SSSR count). The van der Waals surface area contributed by atoms with Gasteiger partial charge in [0.2, 0.25) is 0 Å². The van der Waals surface area contributed by atoms with Crippen LogP contribution in [0.15, 0.2) is 36.7 Å². The fraction of sp³-hybridized carbons (Fsp3) is 0. The molecule has 0 aliphatic rings. The molecule has 2 aromatic heterocycles. The van der Waals surface area contributed by atoms with Crippen LogP contribution in [0.4, 0.5) is 0 Å². The standard InChI is InChI=1S/C10H7ClN4/c11-15-4-3-9(14-15)7-1-2-8-6-12-13-10(8)5-7/h1-6H,(H,12,13). The summed E-state index contributed by atoms with van der Waals surface area (Å²) < 4.78 is 1.27. The van der Waals surface area contributed by atoms with Gasteiger partial charge in [-0.05, 0) is 12.1 Å².